The summed E-state index contributed by atoms with van der Waals surface area (Å²) in [5.41, 5.74) is 0.180. The van der Waals surface area contributed by atoms with E-state index in [1.165, 1.54) is 0 Å². The molecular formula is C16H23NO3. The summed E-state index contributed by atoms with van der Waals surface area (Å²) in [4.78, 5) is 12.8. The molecule has 1 fully saturated rings. The van der Waals surface area contributed by atoms with Crippen LogP contribution in [-0.4, -0.2) is 38.2 Å². The molecule has 0 aromatic heterocycles. The Balaban J connectivity index is 2.16. The van der Waals surface area contributed by atoms with Gasteiger partial charge in [0.15, 0.2) is 5.78 Å². The lowest BCUT2D eigenvalue weighted by Crippen LogP contribution is -2.52. The molecule has 4 nitrogen and oxygen atoms in total. The van der Waals surface area contributed by atoms with Crippen LogP contribution in [0.4, 0.5) is 0 Å². The molecule has 1 aromatic carbocycles. The predicted molar refractivity (Wildman–Crippen MR) is 78.4 cm³/mol. The third-order valence-corrected chi connectivity index (χ3v) is 3.80. The monoisotopic (exact) mass is 277 g/mol. The Morgan fingerprint density at radius 1 is 1.30 bits per heavy atom. The van der Waals surface area contributed by atoms with E-state index in [-0.39, 0.29) is 5.78 Å². The molecule has 1 unspecified atom stereocenters. The van der Waals surface area contributed by atoms with E-state index in [0.29, 0.717) is 24.5 Å². The zero-order valence-electron chi connectivity index (χ0n) is 12.3. The van der Waals surface area contributed by atoms with Gasteiger partial charge in [0.1, 0.15) is 12.4 Å². The van der Waals surface area contributed by atoms with Crippen molar-refractivity contribution in [3.8, 4) is 5.75 Å². The summed E-state index contributed by atoms with van der Waals surface area (Å²) in [6.45, 7) is 3.85. The van der Waals surface area contributed by atoms with Gasteiger partial charge >= 0.3 is 0 Å². The Kier molecular flexibility index (Phi) is 5.15. The van der Waals surface area contributed by atoms with E-state index < -0.39 is 5.54 Å². The number of Topliss-reactive ketones (excluding diaryl/α,β-unsaturated/α-hetero) is 1. The number of nitrogens with one attached hydrogen (secondary N) is 1. The van der Waals surface area contributed by atoms with E-state index in [9.17, 15) is 4.79 Å². The second kappa shape index (κ2) is 6.86. The van der Waals surface area contributed by atoms with Crippen molar-refractivity contribution in [3.63, 3.8) is 0 Å². The van der Waals surface area contributed by atoms with Gasteiger partial charge < -0.3 is 14.8 Å². The van der Waals surface area contributed by atoms with E-state index in [1.807, 2.05) is 31.2 Å². The van der Waals surface area contributed by atoms with Crippen molar-refractivity contribution >= 4 is 5.78 Å². The van der Waals surface area contributed by atoms with Crippen molar-refractivity contribution in [2.24, 2.45) is 0 Å². The Labute approximate surface area is 120 Å². The minimum absolute atomic E-state index is 0.116. The molecule has 110 valence electrons. The van der Waals surface area contributed by atoms with Crippen molar-refractivity contribution in [1.29, 1.82) is 0 Å². The number of methoxy groups -OCH3 is 1. The fourth-order valence-corrected chi connectivity index (χ4v) is 2.56. The fraction of sp³-hybridized carbons (Fsp3) is 0.562. The zero-order chi connectivity index (χ0) is 14.4. The molecule has 0 bridgehead atoms. The molecule has 0 spiro atoms. The van der Waals surface area contributed by atoms with Crippen LogP contribution in [0.3, 0.4) is 0 Å². The minimum atomic E-state index is -0.473. The van der Waals surface area contributed by atoms with Crippen LogP contribution in [0, 0.1) is 0 Å². The van der Waals surface area contributed by atoms with E-state index >= 15 is 0 Å². The lowest BCUT2D eigenvalue weighted by atomic mass is 9.83. The van der Waals surface area contributed by atoms with Crippen molar-refractivity contribution in [2.75, 3.05) is 26.9 Å². The highest BCUT2D eigenvalue weighted by molar-refractivity contribution is 6.05. The van der Waals surface area contributed by atoms with Gasteiger partial charge in [0.25, 0.3) is 0 Å². The van der Waals surface area contributed by atoms with Crippen LogP contribution >= 0.6 is 0 Å². The standard InChI is InChI=1S/C16H23NO3/c1-16(9-5-6-10-17-16)15(18)13-7-3-4-8-14(13)20-12-11-19-2/h3-4,7-8,17H,5-6,9-12H2,1-2H3. The second-order valence-electron chi connectivity index (χ2n) is 5.38. The summed E-state index contributed by atoms with van der Waals surface area (Å²) in [5.74, 6) is 0.758. The molecule has 1 aliphatic rings. The average Bonchev–Trinajstić information content (AvgIpc) is 2.48. The molecule has 1 aromatic rings. The van der Waals surface area contributed by atoms with E-state index in [4.69, 9.17) is 9.47 Å². The van der Waals surface area contributed by atoms with Gasteiger partial charge in [-0.15, -0.1) is 0 Å². The summed E-state index contributed by atoms with van der Waals surface area (Å²) < 4.78 is 10.6. The Morgan fingerprint density at radius 3 is 2.80 bits per heavy atom. The second-order valence-corrected chi connectivity index (χ2v) is 5.38. The number of benzene rings is 1. The van der Waals surface area contributed by atoms with E-state index in [1.54, 1.807) is 7.11 Å². The highest BCUT2D eigenvalue weighted by atomic mass is 16.5. The number of ether oxygens (including phenoxy) is 2. The maximum atomic E-state index is 12.8. The maximum absolute atomic E-state index is 12.8. The third-order valence-electron chi connectivity index (χ3n) is 3.80. The number of hydrogen-bond acceptors (Lipinski definition) is 4. The first-order valence-electron chi connectivity index (χ1n) is 7.18. The number of carbonyl (C=O) groups excluding carboxylic acids is 1. The molecule has 0 amide bonds. The highest BCUT2D eigenvalue weighted by Crippen LogP contribution is 2.28. The Bertz CT molecular complexity index is 453. The Morgan fingerprint density at radius 2 is 2.10 bits per heavy atom. The summed E-state index contributed by atoms with van der Waals surface area (Å²) in [6.07, 6.45) is 3.09. The molecule has 4 heteroatoms. The smallest absolute Gasteiger partial charge is 0.186 e. The fourth-order valence-electron chi connectivity index (χ4n) is 2.56. The number of piperidine rings is 1. The van der Waals surface area contributed by atoms with Crippen LogP contribution in [0.1, 0.15) is 36.5 Å². The van der Waals surface area contributed by atoms with Crippen molar-refractivity contribution in [1.82, 2.24) is 5.32 Å². The molecule has 0 saturated carbocycles. The van der Waals surface area contributed by atoms with Crippen molar-refractivity contribution in [2.45, 2.75) is 31.7 Å². The average molecular weight is 277 g/mol. The normalized spacial score (nSPS) is 22.5. The van der Waals surface area contributed by atoms with Crippen LogP contribution < -0.4 is 10.1 Å². The van der Waals surface area contributed by atoms with Crippen LogP contribution in [-0.2, 0) is 4.74 Å². The van der Waals surface area contributed by atoms with Gasteiger partial charge in [-0.05, 0) is 44.9 Å². The topological polar surface area (TPSA) is 47.6 Å². The van der Waals surface area contributed by atoms with Gasteiger partial charge in [0.2, 0.25) is 0 Å². The minimum Gasteiger partial charge on any atom is -0.490 e. The molecule has 0 radical (unpaired) electrons. The van der Waals surface area contributed by atoms with Gasteiger partial charge in [0.05, 0.1) is 17.7 Å². The van der Waals surface area contributed by atoms with Gasteiger partial charge in [-0.25, -0.2) is 0 Å². The van der Waals surface area contributed by atoms with Crippen molar-refractivity contribution < 1.29 is 14.3 Å². The largest absolute Gasteiger partial charge is 0.490 e. The van der Waals surface area contributed by atoms with Gasteiger partial charge in [-0.3, -0.25) is 4.79 Å². The predicted octanol–water partition coefficient (Wildman–Crippen LogP) is 2.43. The molecule has 1 atom stereocenters. The van der Waals surface area contributed by atoms with Crippen LogP contribution in [0.25, 0.3) is 0 Å². The quantitative estimate of drug-likeness (QED) is 0.641. The first kappa shape index (κ1) is 15.0. The zero-order valence-corrected chi connectivity index (χ0v) is 12.3. The molecule has 1 saturated heterocycles. The summed E-state index contributed by atoms with van der Waals surface area (Å²) in [5, 5.41) is 3.36. The van der Waals surface area contributed by atoms with E-state index in [0.717, 1.165) is 25.8 Å². The number of hydrogen-bond donors (Lipinski definition) is 1. The van der Waals surface area contributed by atoms with Crippen LogP contribution in [0.2, 0.25) is 0 Å². The van der Waals surface area contributed by atoms with Crippen LogP contribution in [0.15, 0.2) is 24.3 Å². The summed E-state index contributed by atoms with van der Waals surface area (Å²) in [6, 6.07) is 7.44. The van der Waals surface area contributed by atoms with Crippen LogP contribution in [0.5, 0.6) is 5.75 Å². The summed E-state index contributed by atoms with van der Waals surface area (Å²) in [7, 11) is 1.63. The number of ketones is 1. The molecule has 1 N–H and O–H groups in total. The molecule has 0 aliphatic carbocycles. The molecule has 20 heavy (non-hydrogen) atoms. The number of para-hydroxylation sites is 1. The molecule has 1 heterocycles. The van der Waals surface area contributed by atoms with Gasteiger partial charge in [-0.2, -0.15) is 0 Å². The first-order valence-corrected chi connectivity index (χ1v) is 7.18. The van der Waals surface area contributed by atoms with Crippen molar-refractivity contribution in [3.05, 3.63) is 29.8 Å². The molecule has 2 rings (SSSR count). The SMILES string of the molecule is COCCOc1ccccc1C(=O)C1(C)CCCCN1. The maximum Gasteiger partial charge on any atom is 0.186 e. The lowest BCUT2D eigenvalue weighted by Gasteiger charge is -2.33. The van der Waals surface area contributed by atoms with E-state index in [2.05, 4.69) is 5.32 Å². The third kappa shape index (κ3) is 3.38. The molecule has 1 aliphatic heterocycles. The highest BCUT2D eigenvalue weighted by Gasteiger charge is 2.36. The Hall–Kier alpha value is -1.39. The molecular weight excluding hydrogens is 254 g/mol. The first-order chi connectivity index (χ1) is 9.67. The van der Waals surface area contributed by atoms with Gasteiger partial charge in [-0.1, -0.05) is 12.1 Å². The van der Waals surface area contributed by atoms with Gasteiger partial charge in [0, 0.05) is 7.11 Å². The summed E-state index contributed by atoms with van der Waals surface area (Å²) >= 11 is 0. The number of rotatable bonds is 6. The lowest BCUT2D eigenvalue weighted by molar-refractivity contribution is 0.0827. The number of carbonyl (C=O) groups is 1.